The fraction of sp³-hybridized carbons (Fsp3) is 0.188. The lowest BCUT2D eigenvalue weighted by Crippen LogP contribution is -2.13. The Morgan fingerprint density at radius 3 is 2.57 bits per heavy atom. The van der Waals surface area contributed by atoms with Crippen molar-refractivity contribution < 1.29 is 9.53 Å². The third-order valence-electron chi connectivity index (χ3n) is 3.23. The Morgan fingerprint density at radius 1 is 1.24 bits per heavy atom. The molecule has 2 rings (SSSR count). The Balaban J connectivity index is 2.32. The zero-order valence-electron chi connectivity index (χ0n) is 12.0. The molecule has 5 heteroatoms. The molecule has 1 amide bonds. The Bertz CT molecular complexity index is 701. The van der Waals surface area contributed by atoms with E-state index in [9.17, 15) is 4.79 Å². The van der Waals surface area contributed by atoms with Crippen molar-refractivity contribution >= 4 is 39.1 Å². The molecular weight excluding hydrogens is 354 g/mol. The van der Waals surface area contributed by atoms with E-state index in [2.05, 4.69) is 21.2 Å². The number of hydrogen-bond acceptors (Lipinski definition) is 2. The van der Waals surface area contributed by atoms with Gasteiger partial charge in [-0.1, -0.05) is 17.7 Å². The lowest BCUT2D eigenvalue weighted by atomic mass is 10.1. The molecule has 2 aromatic carbocycles. The van der Waals surface area contributed by atoms with Gasteiger partial charge in [0.2, 0.25) is 0 Å². The van der Waals surface area contributed by atoms with E-state index in [1.54, 1.807) is 25.3 Å². The molecule has 0 unspecified atom stereocenters. The summed E-state index contributed by atoms with van der Waals surface area (Å²) in [5.41, 5.74) is 3.18. The first-order valence-electron chi connectivity index (χ1n) is 6.34. The van der Waals surface area contributed by atoms with Gasteiger partial charge in [-0.2, -0.15) is 0 Å². The van der Waals surface area contributed by atoms with Gasteiger partial charge in [-0.3, -0.25) is 4.79 Å². The molecule has 0 heterocycles. The highest BCUT2D eigenvalue weighted by Crippen LogP contribution is 2.30. The van der Waals surface area contributed by atoms with Gasteiger partial charge in [0.25, 0.3) is 5.91 Å². The van der Waals surface area contributed by atoms with Gasteiger partial charge in [0.1, 0.15) is 5.75 Å². The number of anilines is 1. The molecule has 0 aliphatic heterocycles. The van der Waals surface area contributed by atoms with Crippen molar-refractivity contribution in [1.82, 2.24) is 0 Å². The number of methoxy groups -OCH3 is 1. The summed E-state index contributed by atoms with van der Waals surface area (Å²) in [5, 5.41) is 3.47. The molecule has 2 aromatic rings. The quantitative estimate of drug-likeness (QED) is 0.829. The van der Waals surface area contributed by atoms with E-state index in [0.29, 0.717) is 15.1 Å². The zero-order valence-corrected chi connectivity index (χ0v) is 14.3. The van der Waals surface area contributed by atoms with E-state index >= 15 is 0 Å². The number of aryl methyl sites for hydroxylation is 1. The molecule has 0 spiro atoms. The van der Waals surface area contributed by atoms with E-state index in [4.69, 9.17) is 16.3 Å². The molecule has 0 saturated heterocycles. The highest BCUT2D eigenvalue weighted by atomic mass is 79.9. The number of carbonyl (C=O) groups is 1. The molecule has 1 N–H and O–H groups in total. The highest BCUT2D eigenvalue weighted by Gasteiger charge is 2.14. The van der Waals surface area contributed by atoms with Crippen LogP contribution in [0.2, 0.25) is 5.02 Å². The van der Waals surface area contributed by atoms with Crippen molar-refractivity contribution in [3.8, 4) is 5.75 Å². The standard InChI is InChI=1S/C16H15BrClNO2/c1-9-4-7-14(10(2)15(9)21-3)19-16(20)12-6-5-11(18)8-13(12)17/h4-8H,1-3H3,(H,19,20). The summed E-state index contributed by atoms with van der Waals surface area (Å²) in [7, 11) is 1.62. The number of rotatable bonds is 3. The highest BCUT2D eigenvalue weighted by molar-refractivity contribution is 9.10. The number of benzene rings is 2. The first-order valence-corrected chi connectivity index (χ1v) is 7.51. The van der Waals surface area contributed by atoms with Gasteiger partial charge in [0, 0.05) is 20.7 Å². The predicted molar refractivity (Wildman–Crippen MR) is 89.6 cm³/mol. The van der Waals surface area contributed by atoms with Crippen molar-refractivity contribution in [3.63, 3.8) is 0 Å². The molecule has 0 aliphatic rings. The van der Waals surface area contributed by atoms with Gasteiger partial charge < -0.3 is 10.1 Å². The maximum atomic E-state index is 12.4. The molecule has 0 fully saturated rings. The Labute approximate surface area is 137 Å². The summed E-state index contributed by atoms with van der Waals surface area (Å²) >= 11 is 9.24. The number of amides is 1. The third-order valence-corrected chi connectivity index (χ3v) is 4.12. The van der Waals surface area contributed by atoms with Crippen molar-refractivity contribution in [3.05, 3.63) is 56.5 Å². The van der Waals surface area contributed by atoms with Gasteiger partial charge >= 0.3 is 0 Å². The first-order chi connectivity index (χ1) is 9.93. The van der Waals surface area contributed by atoms with E-state index in [1.807, 2.05) is 26.0 Å². The fourth-order valence-electron chi connectivity index (χ4n) is 2.14. The van der Waals surface area contributed by atoms with Gasteiger partial charge in [0.05, 0.1) is 12.7 Å². The SMILES string of the molecule is COc1c(C)ccc(NC(=O)c2ccc(Cl)cc2Br)c1C. The van der Waals surface area contributed by atoms with Crippen LogP contribution in [0.5, 0.6) is 5.75 Å². The predicted octanol–water partition coefficient (Wildman–Crippen LogP) is 4.98. The lowest BCUT2D eigenvalue weighted by molar-refractivity contribution is 0.102. The minimum atomic E-state index is -0.201. The van der Waals surface area contributed by atoms with E-state index < -0.39 is 0 Å². The minimum absolute atomic E-state index is 0.201. The Morgan fingerprint density at radius 2 is 1.95 bits per heavy atom. The molecule has 21 heavy (non-hydrogen) atoms. The second-order valence-electron chi connectivity index (χ2n) is 4.67. The van der Waals surface area contributed by atoms with Crippen LogP contribution < -0.4 is 10.1 Å². The number of ether oxygens (including phenoxy) is 1. The molecule has 3 nitrogen and oxygen atoms in total. The van der Waals surface area contributed by atoms with Crippen molar-refractivity contribution in [2.45, 2.75) is 13.8 Å². The zero-order chi connectivity index (χ0) is 15.6. The molecular formula is C16H15BrClNO2. The summed E-state index contributed by atoms with van der Waals surface area (Å²) in [5.74, 6) is 0.579. The Hall–Kier alpha value is -1.52. The van der Waals surface area contributed by atoms with Crippen LogP contribution in [-0.4, -0.2) is 13.0 Å². The molecule has 0 bridgehead atoms. The van der Waals surface area contributed by atoms with Crippen LogP contribution in [0.15, 0.2) is 34.8 Å². The van der Waals surface area contributed by atoms with Crippen molar-refractivity contribution in [1.29, 1.82) is 0 Å². The van der Waals surface area contributed by atoms with Crippen LogP contribution in [0.25, 0.3) is 0 Å². The average molecular weight is 369 g/mol. The van der Waals surface area contributed by atoms with Crippen molar-refractivity contribution in [2.75, 3.05) is 12.4 Å². The van der Waals surface area contributed by atoms with E-state index in [-0.39, 0.29) is 5.91 Å². The minimum Gasteiger partial charge on any atom is -0.496 e. The molecule has 0 atom stereocenters. The molecule has 0 saturated carbocycles. The number of nitrogens with one attached hydrogen (secondary N) is 1. The second kappa shape index (κ2) is 6.50. The molecule has 0 radical (unpaired) electrons. The topological polar surface area (TPSA) is 38.3 Å². The number of carbonyl (C=O) groups excluding carboxylic acids is 1. The van der Waals surface area contributed by atoms with Gasteiger partial charge in [-0.25, -0.2) is 0 Å². The third kappa shape index (κ3) is 3.39. The monoisotopic (exact) mass is 367 g/mol. The smallest absolute Gasteiger partial charge is 0.256 e. The van der Waals surface area contributed by atoms with E-state index in [1.165, 1.54) is 0 Å². The van der Waals surface area contributed by atoms with Crippen LogP contribution in [0.3, 0.4) is 0 Å². The largest absolute Gasteiger partial charge is 0.496 e. The van der Waals surface area contributed by atoms with Crippen LogP contribution in [0.1, 0.15) is 21.5 Å². The van der Waals surface area contributed by atoms with Crippen LogP contribution in [0, 0.1) is 13.8 Å². The van der Waals surface area contributed by atoms with Crippen LogP contribution in [-0.2, 0) is 0 Å². The average Bonchev–Trinajstić information content (AvgIpc) is 2.42. The molecule has 0 aliphatic carbocycles. The first kappa shape index (κ1) is 15.9. The summed E-state index contributed by atoms with van der Waals surface area (Å²) in [6.45, 7) is 3.88. The number of halogens is 2. The maximum Gasteiger partial charge on any atom is 0.256 e. The van der Waals surface area contributed by atoms with Gasteiger partial charge in [0.15, 0.2) is 0 Å². The van der Waals surface area contributed by atoms with Crippen LogP contribution >= 0.6 is 27.5 Å². The summed E-state index contributed by atoms with van der Waals surface area (Å²) in [6, 6.07) is 8.85. The molecule has 0 aromatic heterocycles. The summed E-state index contributed by atoms with van der Waals surface area (Å²) in [4.78, 5) is 12.4. The van der Waals surface area contributed by atoms with Crippen molar-refractivity contribution in [2.24, 2.45) is 0 Å². The van der Waals surface area contributed by atoms with Crippen LogP contribution in [0.4, 0.5) is 5.69 Å². The molecule has 110 valence electrons. The lowest BCUT2D eigenvalue weighted by Gasteiger charge is -2.14. The number of hydrogen-bond donors (Lipinski definition) is 1. The maximum absolute atomic E-state index is 12.4. The summed E-state index contributed by atoms with van der Waals surface area (Å²) < 4.78 is 6.02. The Kier molecular flexibility index (Phi) is 4.91. The van der Waals surface area contributed by atoms with E-state index in [0.717, 1.165) is 22.6 Å². The van der Waals surface area contributed by atoms with Gasteiger partial charge in [-0.15, -0.1) is 0 Å². The van der Waals surface area contributed by atoms with Gasteiger partial charge in [-0.05, 0) is 59.6 Å². The fourth-order valence-corrected chi connectivity index (χ4v) is 3.00. The summed E-state index contributed by atoms with van der Waals surface area (Å²) in [6.07, 6.45) is 0. The normalized spacial score (nSPS) is 10.3. The second-order valence-corrected chi connectivity index (χ2v) is 5.96.